The van der Waals surface area contributed by atoms with Crippen molar-refractivity contribution in [3.05, 3.63) is 77.9 Å². The molecule has 0 aliphatic rings. The smallest absolute Gasteiger partial charge is 0.457 e. The molecule has 0 aliphatic carbocycles. The number of rotatable bonds is 6. The minimum atomic E-state index is -4.72. The first-order chi connectivity index (χ1) is 15.7. The number of imidazole rings is 1. The molecule has 1 N–H and O–H groups in total. The van der Waals surface area contributed by atoms with E-state index >= 15 is 0 Å². The maximum Gasteiger partial charge on any atom is 0.573 e. The van der Waals surface area contributed by atoms with Crippen LogP contribution >= 0.6 is 0 Å². The molecule has 0 saturated carbocycles. The Hall–Kier alpha value is -4.08. The number of amides is 1. The van der Waals surface area contributed by atoms with Crippen LogP contribution in [0.1, 0.15) is 21.9 Å². The molecule has 2 aromatic carbocycles. The zero-order valence-corrected chi connectivity index (χ0v) is 17.7. The number of nitrogens with zero attached hydrogens (tertiary/aromatic N) is 3. The molecule has 0 atom stereocenters. The lowest BCUT2D eigenvalue weighted by atomic mass is 10.1. The number of pyridine rings is 1. The normalized spacial score (nSPS) is 11.4. The molecule has 33 heavy (non-hydrogen) atoms. The number of ether oxygens (including phenoxy) is 2. The van der Waals surface area contributed by atoms with Crippen molar-refractivity contribution < 1.29 is 27.4 Å². The number of aromatic nitrogens is 3. The van der Waals surface area contributed by atoms with Crippen LogP contribution in [0.4, 0.5) is 13.2 Å². The SMILES string of the molecule is CNC(=O)c1cc(Oc2ccc3c(c2)nc(Cc2ccc(OC(F)(F)F)cc2)n3C)ccn1. The summed E-state index contributed by atoms with van der Waals surface area (Å²) in [7, 11) is 3.39. The molecule has 4 rings (SSSR count). The minimum Gasteiger partial charge on any atom is -0.457 e. The molecule has 1 amide bonds. The van der Waals surface area contributed by atoms with Crippen LogP contribution in [0.3, 0.4) is 0 Å². The van der Waals surface area contributed by atoms with Crippen molar-refractivity contribution in [3.63, 3.8) is 0 Å². The van der Waals surface area contributed by atoms with E-state index < -0.39 is 6.36 Å². The van der Waals surface area contributed by atoms with Crippen LogP contribution in [0.5, 0.6) is 17.2 Å². The molecule has 7 nitrogen and oxygen atoms in total. The Kier molecular flexibility index (Phi) is 5.91. The van der Waals surface area contributed by atoms with Crippen molar-refractivity contribution in [2.24, 2.45) is 7.05 Å². The molecular weight excluding hydrogens is 437 g/mol. The van der Waals surface area contributed by atoms with Crippen LogP contribution in [-0.4, -0.2) is 33.9 Å². The molecule has 10 heteroatoms. The van der Waals surface area contributed by atoms with E-state index in [4.69, 9.17) is 4.74 Å². The van der Waals surface area contributed by atoms with Crippen molar-refractivity contribution >= 4 is 16.9 Å². The van der Waals surface area contributed by atoms with Gasteiger partial charge in [0, 0.05) is 38.8 Å². The molecule has 0 fully saturated rings. The summed E-state index contributed by atoms with van der Waals surface area (Å²) in [6, 6.07) is 14.3. The zero-order chi connectivity index (χ0) is 23.6. The zero-order valence-electron chi connectivity index (χ0n) is 17.7. The summed E-state index contributed by atoms with van der Waals surface area (Å²) >= 11 is 0. The number of nitrogens with one attached hydrogen (secondary N) is 1. The molecular formula is C23H19F3N4O3. The number of benzene rings is 2. The van der Waals surface area contributed by atoms with Crippen molar-refractivity contribution in [2.75, 3.05) is 7.05 Å². The van der Waals surface area contributed by atoms with E-state index in [2.05, 4.69) is 20.0 Å². The van der Waals surface area contributed by atoms with Crippen molar-refractivity contribution in [1.29, 1.82) is 0 Å². The summed E-state index contributed by atoms with van der Waals surface area (Å²) in [5, 5.41) is 2.51. The maximum atomic E-state index is 12.3. The molecule has 4 aromatic rings. The summed E-state index contributed by atoms with van der Waals surface area (Å²) in [4.78, 5) is 20.4. The van der Waals surface area contributed by atoms with E-state index in [-0.39, 0.29) is 17.4 Å². The van der Waals surface area contributed by atoms with Crippen LogP contribution < -0.4 is 14.8 Å². The molecule has 0 unspecified atom stereocenters. The van der Waals surface area contributed by atoms with Gasteiger partial charge in [0.25, 0.3) is 5.91 Å². The molecule has 0 saturated heterocycles. The lowest BCUT2D eigenvalue weighted by Crippen LogP contribution is -2.18. The van der Waals surface area contributed by atoms with Gasteiger partial charge in [0.1, 0.15) is 28.8 Å². The van der Waals surface area contributed by atoms with Gasteiger partial charge < -0.3 is 19.4 Å². The fourth-order valence-electron chi connectivity index (χ4n) is 3.31. The van der Waals surface area contributed by atoms with Gasteiger partial charge in [-0.05, 0) is 35.9 Å². The first kappa shape index (κ1) is 22.1. The molecule has 0 aliphatic heterocycles. The summed E-state index contributed by atoms with van der Waals surface area (Å²) in [5.41, 5.74) is 2.60. The number of carbonyl (C=O) groups excluding carboxylic acids is 1. The number of carbonyl (C=O) groups is 1. The van der Waals surface area contributed by atoms with E-state index in [9.17, 15) is 18.0 Å². The second-order valence-electron chi connectivity index (χ2n) is 7.16. The lowest BCUT2D eigenvalue weighted by molar-refractivity contribution is -0.274. The quantitative estimate of drug-likeness (QED) is 0.459. The average Bonchev–Trinajstić information content (AvgIpc) is 3.08. The van der Waals surface area contributed by atoms with Gasteiger partial charge in [-0.15, -0.1) is 13.2 Å². The molecule has 170 valence electrons. The van der Waals surface area contributed by atoms with Crippen molar-refractivity contribution in [3.8, 4) is 17.2 Å². The minimum absolute atomic E-state index is 0.239. The van der Waals surface area contributed by atoms with Crippen molar-refractivity contribution in [2.45, 2.75) is 12.8 Å². The van der Waals surface area contributed by atoms with Gasteiger partial charge in [-0.1, -0.05) is 12.1 Å². The summed E-state index contributed by atoms with van der Waals surface area (Å²) in [5.74, 6) is 1.14. The monoisotopic (exact) mass is 456 g/mol. The Bertz CT molecular complexity index is 1300. The Morgan fingerprint density at radius 1 is 1.03 bits per heavy atom. The van der Waals surface area contributed by atoms with Gasteiger partial charge in [-0.2, -0.15) is 0 Å². The highest BCUT2D eigenvalue weighted by Gasteiger charge is 2.31. The van der Waals surface area contributed by atoms with Gasteiger partial charge in [0.15, 0.2) is 0 Å². The molecule has 2 heterocycles. The van der Waals surface area contributed by atoms with E-state index in [0.29, 0.717) is 23.4 Å². The summed E-state index contributed by atoms with van der Waals surface area (Å²) in [6.07, 6.45) is -2.81. The largest absolute Gasteiger partial charge is 0.573 e. The van der Waals surface area contributed by atoms with Crippen molar-refractivity contribution in [1.82, 2.24) is 19.9 Å². The highest BCUT2D eigenvalue weighted by atomic mass is 19.4. The molecule has 0 bridgehead atoms. The van der Waals surface area contributed by atoms with Gasteiger partial charge in [-0.3, -0.25) is 9.78 Å². The Morgan fingerprint density at radius 2 is 1.73 bits per heavy atom. The predicted octanol–water partition coefficient (Wildman–Crippen LogP) is 4.61. The van der Waals surface area contributed by atoms with Gasteiger partial charge >= 0.3 is 6.36 Å². The third-order valence-corrected chi connectivity index (χ3v) is 4.89. The molecule has 0 radical (unpaired) electrons. The molecule has 0 spiro atoms. The Morgan fingerprint density at radius 3 is 2.42 bits per heavy atom. The third kappa shape index (κ3) is 5.22. The number of alkyl halides is 3. The van der Waals surface area contributed by atoms with Crippen LogP contribution in [-0.2, 0) is 13.5 Å². The fourth-order valence-corrected chi connectivity index (χ4v) is 3.31. The molecule has 2 aromatic heterocycles. The number of aryl methyl sites for hydroxylation is 1. The summed E-state index contributed by atoms with van der Waals surface area (Å²) in [6.45, 7) is 0. The summed E-state index contributed by atoms with van der Waals surface area (Å²) < 4.78 is 48.7. The van der Waals surface area contributed by atoms with Crippen LogP contribution in [0, 0.1) is 0 Å². The predicted molar refractivity (Wildman–Crippen MR) is 114 cm³/mol. The number of hydrogen-bond acceptors (Lipinski definition) is 5. The standard InChI is InChI=1S/C23H19F3N4O3/c1-27-22(31)19-13-17(9-10-28-19)32-16-7-8-20-18(12-16)29-21(30(20)2)11-14-3-5-15(6-4-14)33-23(24,25)26/h3-10,12-13H,11H2,1-2H3,(H,27,31). The topological polar surface area (TPSA) is 78.3 Å². The number of fused-ring (bicyclic) bond motifs is 1. The van der Waals surface area contributed by atoms with Gasteiger partial charge in [0.2, 0.25) is 0 Å². The first-order valence-electron chi connectivity index (χ1n) is 9.88. The first-order valence-corrected chi connectivity index (χ1v) is 9.88. The second kappa shape index (κ2) is 8.81. The Labute approximate surface area is 186 Å². The average molecular weight is 456 g/mol. The second-order valence-corrected chi connectivity index (χ2v) is 7.16. The van der Waals surface area contributed by atoms with Gasteiger partial charge in [0.05, 0.1) is 11.0 Å². The highest BCUT2D eigenvalue weighted by Crippen LogP contribution is 2.27. The van der Waals surface area contributed by atoms with Gasteiger partial charge in [-0.25, -0.2) is 4.98 Å². The van der Waals surface area contributed by atoms with E-state index in [1.165, 1.54) is 25.4 Å². The number of halogens is 3. The van der Waals surface area contributed by atoms with Crippen LogP contribution in [0.2, 0.25) is 0 Å². The highest BCUT2D eigenvalue weighted by molar-refractivity contribution is 5.92. The van der Waals surface area contributed by atoms with Crippen LogP contribution in [0.15, 0.2) is 60.8 Å². The fraction of sp³-hybridized carbons (Fsp3) is 0.174. The van der Waals surface area contributed by atoms with E-state index in [1.54, 1.807) is 36.4 Å². The third-order valence-electron chi connectivity index (χ3n) is 4.89. The van der Waals surface area contributed by atoms with E-state index in [1.807, 2.05) is 17.7 Å². The van der Waals surface area contributed by atoms with Crippen LogP contribution in [0.25, 0.3) is 11.0 Å². The number of hydrogen-bond donors (Lipinski definition) is 1. The maximum absolute atomic E-state index is 12.3. The lowest BCUT2D eigenvalue weighted by Gasteiger charge is -2.09. The Balaban J connectivity index is 1.53. The van der Waals surface area contributed by atoms with E-state index in [0.717, 1.165) is 16.9 Å².